The predicted molar refractivity (Wildman–Crippen MR) is 74.4 cm³/mol. The van der Waals surface area contributed by atoms with E-state index in [-0.39, 0.29) is 23.5 Å². The Morgan fingerprint density at radius 1 is 1.50 bits per heavy atom. The molecule has 0 saturated heterocycles. The molecule has 0 aliphatic heterocycles. The first kappa shape index (κ1) is 14.2. The molecule has 1 heterocycles. The molecule has 0 bridgehead atoms. The molecule has 1 amide bonds. The van der Waals surface area contributed by atoms with Crippen molar-refractivity contribution in [3.8, 4) is 0 Å². The number of amides is 1. The van der Waals surface area contributed by atoms with Gasteiger partial charge in [0.1, 0.15) is 6.04 Å². The fraction of sp³-hybridized carbons (Fsp3) is 0.538. The molecule has 2 rings (SSSR count). The number of hydrogen-bond acceptors (Lipinski definition) is 5. The van der Waals surface area contributed by atoms with Gasteiger partial charge in [0, 0.05) is 18.3 Å². The van der Waals surface area contributed by atoms with E-state index in [0.717, 1.165) is 25.7 Å². The fourth-order valence-electron chi connectivity index (χ4n) is 2.32. The van der Waals surface area contributed by atoms with Gasteiger partial charge in [0.15, 0.2) is 0 Å². The zero-order valence-electron chi connectivity index (χ0n) is 11.3. The monoisotopic (exact) mass is 278 g/mol. The Morgan fingerprint density at radius 3 is 2.85 bits per heavy atom. The number of nitro groups is 1. The lowest BCUT2D eigenvalue weighted by atomic mass is 10.2. The minimum Gasteiger partial charge on any atom is -0.353 e. The van der Waals surface area contributed by atoms with Crippen LogP contribution in [0.5, 0.6) is 0 Å². The van der Waals surface area contributed by atoms with Crippen LogP contribution >= 0.6 is 0 Å². The molecule has 20 heavy (non-hydrogen) atoms. The molecule has 7 heteroatoms. The average molecular weight is 278 g/mol. The van der Waals surface area contributed by atoms with Crippen molar-refractivity contribution >= 4 is 17.4 Å². The van der Waals surface area contributed by atoms with Crippen molar-refractivity contribution in [2.45, 2.75) is 44.7 Å². The summed E-state index contributed by atoms with van der Waals surface area (Å²) >= 11 is 0. The molecule has 1 aliphatic carbocycles. The Morgan fingerprint density at radius 2 is 2.20 bits per heavy atom. The van der Waals surface area contributed by atoms with E-state index in [0.29, 0.717) is 0 Å². The maximum atomic E-state index is 12.0. The largest absolute Gasteiger partial charge is 0.353 e. The van der Waals surface area contributed by atoms with Gasteiger partial charge in [-0.05, 0) is 25.8 Å². The number of nitrogens with zero attached hydrogens (tertiary/aromatic N) is 2. The van der Waals surface area contributed by atoms with E-state index >= 15 is 0 Å². The second kappa shape index (κ2) is 6.31. The molecule has 1 aromatic heterocycles. The van der Waals surface area contributed by atoms with Gasteiger partial charge in [0.05, 0.1) is 4.92 Å². The first-order chi connectivity index (χ1) is 9.58. The van der Waals surface area contributed by atoms with Crippen molar-refractivity contribution in [1.29, 1.82) is 0 Å². The van der Waals surface area contributed by atoms with E-state index in [4.69, 9.17) is 0 Å². The molecule has 108 valence electrons. The van der Waals surface area contributed by atoms with Crippen molar-refractivity contribution in [2.75, 3.05) is 5.32 Å². The van der Waals surface area contributed by atoms with Gasteiger partial charge in [-0.2, -0.15) is 0 Å². The summed E-state index contributed by atoms with van der Waals surface area (Å²) < 4.78 is 0. The van der Waals surface area contributed by atoms with Crippen LogP contribution in [0.25, 0.3) is 0 Å². The lowest BCUT2D eigenvalue weighted by Crippen LogP contribution is -2.42. The summed E-state index contributed by atoms with van der Waals surface area (Å²) in [6, 6.07) is 2.51. The van der Waals surface area contributed by atoms with E-state index in [9.17, 15) is 14.9 Å². The normalized spacial score (nSPS) is 16.6. The molecule has 1 fully saturated rings. The summed E-state index contributed by atoms with van der Waals surface area (Å²) in [4.78, 5) is 26.3. The van der Waals surface area contributed by atoms with Crippen LogP contribution in [0.3, 0.4) is 0 Å². The van der Waals surface area contributed by atoms with Gasteiger partial charge in [0.25, 0.3) is 0 Å². The summed E-state index contributed by atoms with van der Waals surface area (Å²) in [5.74, 6) is -0.0385. The van der Waals surface area contributed by atoms with Gasteiger partial charge in [-0.25, -0.2) is 4.98 Å². The summed E-state index contributed by atoms with van der Waals surface area (Å²) in [6.07, 6.45) is 5.73. The number of pyridine rings is 1. The minimum absolute atomic E-state index is 0.117. The molecule has 1 aromatic rings. The van der Waals surface area contributed by atoms with Crippen LogP contribution in [0.1, 0.15) is 32.6 Å². The van der Waals surface area contributed by atoms with E-state index in [1.807, 2.05) is 0 Å². The standard InChI is InChI=1S/C13H18N4O3/c1-9(13(18)16-10-5-2-3-6-10)15-12-11(17(19)20)7-4-8-14-12/h4,7-10H,2-3,5-6H2,1H3,(H,14,15)(H,16,18). The smallest absolute Gasteiger partial charge is 0.311 e. The molecular weight excluding hydrogens is 260 g/mol. The van der Waals surface area contributed by atoms with Gasteiger partial charge < -0.3 is 10.6 Å². The Bertz CT molecular complexity index is 500. The first-order valence-corrected chi connectivity index (χ1v) is 6.74. The lowest BCUT2D eigenvalue weighted by molar-refractivity contribution is -0.384. The van der Waals surface area contributed by atoms with Crippen LogP contribution in [-0.2, 0) is 4.79 Å². The van der Waals surface area contributed by atoms with Crippen molar-refractivity contribution < 1.29 is 9.72 Å². The van der Waals surface area contributed by atoms with Crippen molar-refractivity contribution in [3.63, 3.8) is 0 Å². The van der Waals surface area contributed by atoms with Crippen LogP contribution in [0.2, 0.25) is 0 Å². The Hall–Kier alpha value is -2.18. The van der Waals surface area contributed by atoms with E-state index < -0.39 is 11.0 Å². The number of anilines is 1. The molecule has 2 N–H and O–H groups in total. The highest BCUT2D eigenvalue weighted by Gasteiger charge is 2.23. The summed E-state index contributed by atoms with van der Waals surface area (Å²) in [6.45, 7) is 1.67. The molecule has 1 atom stereocenters. The molecule has 7 nitrogen and oxygen atoms in total. The van der Waals surface area contributed by atoms with Gasteiger partial charge in [-0.1, -0.05) is 12.8 Å². The molecule has 1 saturated carbocycles. The van der Waals surface area contributed by atoms with E-state index in [2.05, 4.69) is 15.6 Å². The van der Waals surface area contributed by atoms with Crippen molar-refractivity contribution in [2.24, 2.45) is 0 Å². The fourth-order valence-corrected chi connectivity index (χ4v) is 2.32. The zero-order valence-corrected chi connectivity index (χ0v) is 11.3. The van der Waals surface area contributed by atoms with Crippen LogP contribution in [0, 0.1) is 10.1 Å². The Kier molecular flexibility index (Phi) is 4.49. The van der Waals surface area contributed by atoms with E-state index in [1.165, 1.54) is 18.3 Å². The van der Waals surface area contributed by atoms with Gasteiger partial charge >= 0.3 is 5.69 Å². The number of carbonyl (C=O) groups is 1. The Labute approximate surface area is 116 Å². The van der Waals surface area contributed by atoms with Crippen molar-refractivity contribution in [1.82, 2.24) is 10.3 Å². The highest BCUT2D eigenvalue weighted by Crippen LogP contribution is 2.21. The maximum absolute atomic E-state index is 12.0. The van der Waals surface area contributed by atoms with Crippen LogP contribution in [-0.4, -0.2) is 27.9 Å². The molecule has 1 unspecified atom stereocenters. The summed E-state index contributed by atoms with van der Waals surface area (Å²) in [7, 11) is 0. The SMILES string of the molecule is CC(Nc1ncccc1[N+](=O)[O-])C(=O)NC1CCCC1. The highest BCUT2D eigenvalue weighted by atomic mass is 16.6. The second-order valence-electron chi connectivity index (χ2n) is 4.98. The third kappa shape index (κ3) is 3.43. The predicted octanol–water partition coefficient (Wildman–Crippen LogP) is 1.85. The van der Waals surface area contributed by atoms with E-state index in [1.54, 1.807) is 6.92 Å². The Balaban J connectivity index is 1.98. The molecule has 0 spiro atoms. The minimum atomic E-state index is -0.566. The summed E-state index contributed by atoms with van der Waals surface area (Å²) in [5, 5.41) is 16.6. The highest BCUT2D eigenvalue weighted by molar-refractivity contribution is 5.84. The van der Waals surface area contributed by atoms with Gasteiger partial charge in [-0.3, -0.25) is 14.9 Å². The molecule has 0 radical (unpaired) electrons. The molecule has 0 aromatic carbocycles. The number of nitrogens with one attached hydrogen (secondary N) is 2. The molecule has 1 aliphatic rings. The number of carbonyl (C=O) groups excluding carboxylic acids is 1. The summed E-state index contributed by atoms with van der Waals surface area (Å²) in [5.41, 5.74) is -0.131. The van der Waals surface area contributed by atoms with Gasteiger partial charge in [-0.15, -0.1) is 0 Å². The molecular formula is C13H18N4O3. The topological polar surface area (TPSA) is 97.2 Å². The number of hydrogen-bond donors (Lipinski definition) is 2. The number of rotatable bonds is 5. The third-order valence-corrected chi connectivity index (χ3v) is 3.43. The average Bonchev–Trinajstić information content (AvgIpc) is 2.91. The second-order valence-corrected chi connectivity index (χ2v) is 4.98. The lowest BCUT2D eigenvalue weighted by Gasteiger charge is -2.17. The van der Waals surface area contributed by atoms with Crippen LogP contribution in [0.4, 0.5) is 11.5 Å². The van der Waals surface area contributed by atoms with Crippen molar-refractivity contribution in [3.05, 3.63) is 28.4 Å². The van der Waals surface area contributed by atoms with Gasteiger partial charge in [0.2, 0.25) is 11.7 Å². The maximum Gasteiger partial charge on any atom is 0.311 e. The van der Waals surface area contributed by atoms with Crippen LogP contribution in [0.15, 0.2) is 18.3 Å². The van der Waals surface area contributed by atoms with Crippen LogP contribution < -0.4 is 10.6 Å². The quantitative estimate of drug-likeness (QED) is 0.632. The zero-order chi connectivity index (χ0) is 14.5. The first-order valence-electron chi connectivity index (χ1n) is 6.74. The number of aromatic nitrogens is 1. The third-order valence-electron chi connectivity index (χ3n) is 3.43.